The van der Waals surface area contributed by atoms with Crippen molar-refractivity contribution < 1.29 is 0 Å². The predicted octanol–water partition coefficient (Wildman–Crippen LogP) is 3.70. The lowest BCUT2D eigenvalue weighted by molar-refractivity contribution is 0.212. The van der Waals surface area contributed by atoms with Crippen LogP contribution in [-0.4, -0.2) is 30.6 Å². The minimum atomic E-state index is 0.210. The van der Waals surface area contributed by atoms with Crippen LogP contribution >= 0.6 is 0 Å². The molecule has 3 N–H and O–H groups in total. The summed E-state index contributed by atoms with van der Waals surface area (Å²) in [6.07, 6.45) is 5.14. The Bertz CT molecular complexity index is 558. The van der Waals surface area contributed by atoms with Gasteiger partial charge in [-0.1, -0.05) is 37.8 Å². The summed E-state index contributed by atoms with van der Waals surface area (Å²) in [5.74, 6) is 0.631. The third-order valence-electron chi connectivity index (χ3n) is 5.23. The lowest BCUT2D eigenvalue weighted by atomic mass is 9.90. The summed E-state index contributed by atoms with van der Waals surface area (Å²) < 4.78 is 0. The van der Waals surface area contributed by atoms with Gasteiger partial charge < -0.3 is 11.1 Å². The van der Waals surface area contributed by atoms with Gasteiger partial charge >= 0.3 is 0 Å². The van der Waals surface area contributed by atoms with Crippen LogP contribution in [0.5, 0.6) is 0 Å². The molecule has 1 aliphatic heterocycles. The summed E-state index contributed by atoms with van der Waals surface area (Å²) in [4.78, 5) is 2.46. The molecule has 132 valence electrons. The van der Waals surface area contributed by atoms with Crippen molar-refractivity contribution >= 4 is 0 Å². The fourth-order valence-corrected chi connectivity index (χ4v) is 3.77. The maximum Gasteiger partial charge on any atom is 0.0493 e. The highest BCUT2D eigenvalue weighted by molar-refractivity contribution is 5.37. The van der Waals surface area contributed by atoms with Gasteiger partial charge in [-0.3, -0.25) is 4.90 Å². The van der Waals surface area contributed by atoms with Gasteiger partial charge in [0.05, 0.1) is 0 Å². The van der Waals surface area contributed by atoms with E-state index in [-0.39, 0.29) is 6.04 Å². The summed E-state index contributed by atoms with van der Waals surface area (Å²) in [6.45, 7) is 16.4. The maximum atomic E-state index is 6.13. The molecule has 3 heteroatoms. The zero-order chi connectivity index (χ0) is 17.5. The van der Waals surface area contributed by atoms with Gasteiger partial charge in [0.1, 0.15) is 0 Å². The van der Waals surface area contributed by atoms with Gasteiger partial charge in [0.15, 0.2) is 0 Å². The first-order valence-electron chi connectivity index (χ1n) is 9.16. The highest BCUT2D eigenvalue weighted by atomic mass is 15.2. The van der Waals surface area contributed by atoms with Crippen molar-refractivity contribution in [2.45, 2.75) is 51.6 Å². The van der Waals surface area contributed by atoms with Gasteiger partial charge in [-0.25, -0.2) is 0 Å². The largest absolute Gasteiger partial charge is 0.401 e. The third kappa shape index (κ3) is 4.49. The molecular formula is C21H33N3. The maximum absolute atomic E-state index is 6.13. The number of hydrogen-bond donors (Lipinski definition) is 2. The van der Waals surface area contributed by atoms with Gasteiger partial charge in [0.2, 0.25) is 0 Å². The zero-order valence-corrected chi connectivity index (χ0v) is 15.4. The van der Waals surface area contributed by atoms with Gasteiger partial charge in [0, 0.05) is 24.8 Å². The average Bonchev–Trinajstić information content (AvgIpc) is 3.09. The molecule has 1 aromatic carbocycles. The second-order valence-corrected chi connectivity index (χ2v) is 6.85. The van der Waals surface area contributed by atoms with E-state index in [2.05, 4.69) is 55.4 Å². The lowest BCUT2D eigenvalue weighted by Crippen LogP contribution is -2.38. The number of benzene rings is 1. The van der Waals surface area contributed by atoms with Crippen LogP contribution in [0.4, 0.5) is 0 Å². The van der Waals surface area contributed by atoms with Crippen molar-refractivity contribution in [3.8, 4) is 0 Å². The van der Waals surface area contributed by atoms with Gasteiger partial charge in [-0.15, -0.1) is 6.58 Å². The van der Waals surface area contributed by atoms with E-state index in [1.54, 1.807) is 0 Å². The first-order valence-corrected chi connectivity index (χ1v) is 9.16. The molecule has 24 heavy (non-hydrogen) atoms. The molecule has 0 radical (unpaired) electrons. The molecule has 1 aliphatic rings. The summed E-state index contributed by atoms with van der Waals surface area (Å²) in [7, 11) is 0. The molecule has 1 saturated heterocycles. The second-order valence-electron chi connectivity index (χ2n) is 6.85. The van der Waals surface area contributed by atoms with Crippen LogP contribution in [0.1, 0.15) is 48.8 Å². The van der Waals surface area contributed by atoms with Crippen molar-refractivity contribution in [3.05, 3.63) is 59.8 Å². The first-order chi connectivity index (χ1) is 11.6. The summed E-state index contributed by atoms with van der Waals surface area (Å²) in [6, 6.07) is 6.94. The van der Waals surface area contributed by atoms with E-state index >= 15 is 0 Å². The Kier molecular flexibility index (Phi) is 7.07. The Hall–Kier alpha value is -1.58. The molecule has 0 saturated carbocycles. The quantitative estimate of drug-likeness (QED) is 0.680. The Balaban J connectivity index is 2.26. The fourth-order valence-electron chi connectivity index (χ4n) is 3.77. The molecule has 0 amide bonds. The van der Waals surface area contributed by atoms with E-state index in [0.717, 1.165) is 44.7 Å². The van der Waals surface area contributed by atoms with Crippen LogP contribution in [-0.2, 0) is 6.54 Å². The van der Waals surface area contributed by atoms with Crippen LogP contribution in [0.2, 0.25) is 0 Å². The Morgan fingerprint density at radius 1 is 1.50 bits per heavy atom. The molecule has 0 aromatic heterocycles. The van der Waals surface area contributed by atoms with Crippen LogP contribution in [0.15, 0.2) is 43.1 Å². The molecule has 1 fully saturated rings. The highest BCUT2D eigenvalue weighted by Gasteiger charge is 2.24. The third-order valence-corrected chi connectivity index (χ3v) is 5.23. The molecular weight excluding hydrogens is 294 g/mol. The highest BCUT2D eigenvalue weighted by Crippen LogP contribution is 2.29. The topological polar surface area (TPSA) is 41.3 Å². The molecule has 1 aromatic rings. The molecule has 2 unspecified atom stereocenters. The summed E-state index contributed by atoms with van der Waals surface area (Å²) >= 11 is 0. The number of rotatable bonds is 9. The van der Waals surface area contributed by atoms with Crippen LogP contribution in [0, 0.1) is 6.92 Å². The molecule has 3 nitrogen and oxygen atoms in total. The first kappa shape index (κ1) is 18.8. The van der Waals surface area contributed by atoms with Gasteiger partial charge in [-0.2, -0.15) is 0 Å². The number of nitrogens with one attached hydrogen (secondary N) is 1. The number of likely N-dealkylation sites (N-methyl/N-ethyl adjacent to an activating group) is 1. The number of allylic oxidation sites excluding steroid dienone is 1. The van der Waals surface area contributed by atoms with Gasteiger partial charge in [0.25, 0.3) is 0 Å². The van der Waals surface area contributed by atoms with Crippen molar-refractivity contribution in [2.24, 2.45) is 5.73 Å². The van der Waals surface area contributed by atoms with Gasteiger partial charge in [-0.05, 0) is 61.9 Å². The summed E-state index contributed by atoms with van der Waals surface area (Å²) in [5, 5.41) is 3.49. The number of nitrogens with two attached hydrogens (primary N) is 1. The molecule has 2 rings (SSSR count). The standard InChI is InChI=1S/C21H33N3/c1-5-7-11-21(17(4)22)24(6-2)15-20-16(3)9-8-10-19(20)18-12-13-23-14-18/h5,8-10,18,21,23H,1,4,6-7,11-15,22H2,2-3H3. The van der Waals surface area contributed by atoms with E-state index in [4.69, 9.17) is 5.73 Å². The van der Waals surface area contributed by atoms with E-state index in [0.29, 0.717) is 5.92 Å². The van der Waals surface area contributed by atoms with Crippen molar-refractivity contribution in [2.75, 3.05) is 19.6 Å². The fraction of sp³-hybridized carbons (Fsp3) is 0.524. The number of nitrogens with zero attached hydrogens (tertiary/aromatic N) is 1. The van der Waals surface area contributed by atoms with E-state index < -0.39 is 0 Å². The monoisotopic (exact) mass is 327 g/mol. The molecule has 0 spiro atoms. The predicted molar refractivity (Wildman–Crippen MR) is 104 cm³/mol. The van der Waals surface area contributed by atoms with Crippen LogP contribution in [0.3, 0.4) is 0 Å². The molecule has 0 aliphatic carbocycles. The minimum absolute atomic E-state index is 0.210. The van der Waals surface area contributed by atoms with Crippen LogP contribution in [0.25, 0.3) is 0 Å². The Morgan fingerprint density at radius 2 is 2.29 bits per heavy atom. The number of aryl methyl sites for hydroxylation is 1. The zero-order valence-electron chi connectivity index (χ0n) is 15.4. The molecule has 0 bridgehead atoms. The minimum Gasteiger partial charge on any atom is -0.401 e. The lowest BCUT2D eigenvalue weighted by Gasteiger charge is -2.32. The molecule has 1 heterocycles. The Morgan fingerprint density at radius 3 is 2.88 bits per heavy atom. The van der Waals surface area contributed by atoms with Crippen molar-refractivity contribution in [1.29, 1.82) is 0 Å². The average molecular weight is 328 g/mol. The Labute approximate surface area is 147 Å². The van der Waals surface area contributed by atoms with E-state index in [9.17, 15) is 0 Å². The smallest absolute Gasteiger partial charge is 0.0493 e. The normalized spacial score (nSPS) is 18.7. The summed E-state index contributed by atoms with van der Waals surface area (Å²) in [5.41, 5.74) is 11.2. The number of hydrogen-bond acceptors (Lipinski definition) is 3. The van der Waals surface area contributed by atoms with E-state index in [1.165, 1.54) is 23.1 Å². The van der Waals surface area contributed by atoms with Crippen molar-refractivity contribution in [1.82, 2.24) is 10.2 Å². The van der Waals surface area contributed by atoms with Crippen LogP contribution < -0.4 is 11.1 Å². The molecule has 2 atom stereocenters. The SMILES string of the molecule is C=CCCC(C(=C)N)N(CC)Cc1c(C)cccc1C1CCNC1. The van der Waals surface area contributed by atoms with Crippen molar-refractivity contribution in [3.63, 3.8) is 0 Å². The van der Waals surface area contributed by atoms with E-state index in [1.807, 2.05) is 6.08 Å². The second kappa shape index (κ2) is 9.05.